The van der Waals surface area contributed by atoms with E-state index in [2.05, 4.69) is 55.9 Å². The molecule has 0 radical (unpaired) electrons. The fourth-order valence-electron chi connectivity index (χ4n) is 1.63. The minimum atomic E-state index is 0.0737. The molecule has 0 aromatic carbocycles. The number of nitrogens with zero attached hydrogens (tertiary/aromatic N) is 1. The Morgan fingerprint density at radius 1 is 1.39 bits per heavy atom. The van der Waals surface area contributed by atoms with Crippen LogP contribution in [-0.4, -0.2) is 11.5 Å². The van der Waals surface area contributed by atoms with Crippen LogP contribution in [-0.2, 0) is 0 Å². The zero-order valence-corrected chi connectivity index (χ0v) is 12.0. The summed E-state index contributed by atoms with van der Waals surface area (Å²) < 4.78 is 0. The third-order valence-electron chi connectivity index (χ3n) is 2.50. The number of nitrogens with one attached hydrogen (secondary N) is 1. The molecule has 0 aliphatic rings. The van der Waals surface area contributed by atoms with Crippen molar-refractivity contribution in [2.24, 2.45) is 5.41 Å². The van der Waals surface area contributed by atoms with Gasteiger partial charge in [0.25, 0.3) is 0 Å². The lowest BCUT2D eigenvalue weighted by Gasteiger charge is -2.16. The van der Waals surface area contributed by atoms with Crippen molar-refractivity contribution in [1.29, 1.82) is 0 Å². The highest BCUT2D eigenvalue weighted by atomic mass is 14.9. The van der Waals surface area contributed by atoms with E-state index in [0.29, 0.717) is 0 Å². The molecular formula is C16H24N2. The minimum absolute atomic E-state index is 0.0737. The van der Waals surface area contributed by atoms with Gasteiger partial charge in [0, 0.05) is 30.3 Å². The van der Waals surface area contributed by atoms with Gasteiger partial charge in [-0.05, 0) is 45.4 Å². The third-order valence-corrected chi connectivity index (χ3v) is 2.50. The van der Waals surface area contributed by atoms with Crippen molar-refractivity contribution in [3.63, 3.8) is 0 Å². The van der Waals surface area contributed by atoms with E-state index in [-0.39, 0.29) is 11.5 Å². The van der Waals surface area contributed by atoms with Crippen LogP contribution in [0.3, 0.4) is 0 Å². The van der Waals surface area contributed by atoms with E-state index in [0.717, 1.165) is 19.4 Å². The largest absolute Gasteiger partial charge is 0.309 e. The van der Waals surface area contributed by atoms with Crippen LogP contribution < -0.4 is 5.32 Å². The molecule has 0 fully saturated rings. The Bertz CT molecular complexity index is 393. The lowest BCUT2D eigenvalue weighted by atomic mass is 9.97. The average Bonchev–Trinajstić information content (AvgIpc) is 2.33. The van der Waals surface area contributed by atoms with E-state index in [9.17, 15) is 0 Å². The molecule has 0 saturated heterocycles. The van der Waals surface area contributed by atoms with Gasteiger partial charge >= 0.3 is 0 Å². The highest BCUT2D eigenvalue weighted by Crippen LogP contribution is 2.16. The van der Waals surface area contributed by atoms with Crippen LogP contribution >= 0.6 is 0 Å². The maximum absolute atomic E-state index is 4.18. The monoisotopic (exact) mass is 244 g/mol. The van der Waals surface area contributed by atoms with E-state index >= 15 is 0 Å². The zero-order valence-electron chi connectivity index (χ0n) is 12.0. The summed E-state index contributed by atoms with van der Waals surface area (Å²) >= 11 is 0. The molecule has 1 atom stereocenters. The van der Waals surface area contributed by atoms with Gasteiger partial charge in [-0.2, -0.15) is 0 Å². The second-order valence-corrected chi connectivity index (χ2v) is 5.55. The number of rotatable bonds is 5. The van der Waals surface area contributed by atoms with E-state index in [1.165, 1.54) is 5.56 Å². The summed E-state index contributed by atoms with van der Waals surface area (Å²) in [5, 5.41) is 3.53. The van der Waals surface area contributed by atoms with Crippen molar-refractivity contribution in [2.45, 2.75) is 46.6 Å². The fourth-order valence-corrected chi connectivity index (χ4v) is 1.63. The molecule has 2 nitrogen and oxygen atoms in total. The highest BCUT2D eigenvalue weighted by Gasteiger charge is 2.09. The number of hydrogen-bond acceptors (Lipinski definition) is 2. The summed E-state index contributed by atoms with van der Waals surface area (Å²) in [5.41, 5.74) is 1.29. The van der Waals surface area contributed by atoms with Crippen LogP contribution in [0.25, 0.3) is 0 Å². The van der Waals surface area contributed by atoms with Crippen molar-refractivity contribution in [1.82, 2.24) is 10.3 Å². The molecule has 0 aliphatic heterocycles. The van der Waals surface area contributed by atoms with Gasteiger partial charge in [0.2, 0.25) is 0 Å². The Morgan fingerprint density at radius 3 is 2.72 bits per heavy atom. The molecule has 1 aromatic heterocycles. The number of aromatic nitrogens is 1. The van der Waals surface area contributed by atoms with E-state index in [1.807, 2.05) is 12.3 Å². The van der Waals surface area contributed by atoms with Crippen molar-refractivity contribution < 1.29 is 0 Å². The normalized spacial score (nSPS) is 12.7. The number of pyridine rings is 1. The second-order valence-electron chi connectivity index (χ2n) is 5.55. The first kappa shape index (κ1) is 14.7. The Labute approximate surface area is 111 Å². The van der Waals surface area contributed by atoms with Crippen molar-refractivity contribution in [3.05, 3.63) is 30.1 Å². The SMILES string of the molecule is CCCNC(CC#CC(C)(C)C)c1cccnc1. The first-order valence-corrected chi connectivity index (χ1v) is 6.66. The molecule has 1 rings (SSSR count). The summed E-state index contributed by atoms with van der Waals surface area (Å²) in [5.74, 6) is 6.58. The highest BCUT2D eigenvalue weighted by molar-refractivity contribution is 5.18. The molecule has 0 amide bonds. The molecule has 18 heavy (non-hydrogen) atoms. The van der Waals surface area contributed by atoms with Crippen molar-refractivity contribution >= 4 is 0 Å². The first-order valence-electron chi connectivity index (χ1n) is 6.66. The predicted molar refractivity (Wildman–Crippen MR) is 77.1 cm³/mol. The van der Waals surface area contributed by atoms with Crippen molar-refractivity contribution in [2.75, 3.05) is 6.54 Å². The van der Waals surface area contributed by atoms with E-state index < -0.39 is 0 Å². The van der Waals surface area contributed by atoms with Crippen molar-refractivity contribution in [3.8, 4) is 11.8 Å². The first-order chi connectivity index (χ1) is 8.53. The van der Waals surface area contributed by atoms with Crippen LogP contribution in [0.5, 0.6) is 0 Å². The lowest BCUT2D eigenvalue weighted by Crippen LogP contribution is -2.22. The Balaban J connectivity index is 2.70. The molecule has 1 unspecified atom stereocenters. The summed E-state index contributed by atoms with van der Waals surface area (Å²) in [6.07, 6.45) is 5.69. The van der Waals surface area contributed by atoms with Gasteiger partial charge in [0.15, 0.2) is 0 Å². The Hall–Kier alpha value is -1.33. The van der Waals surface area contributed by atoms with Crippen LogP contribution in [0.15, 0.2) is 24.5 Å². The van der Waals surface area contributed by atoms with Crippen LogP contribution in [0, 0.1) is 17.3 Å². The molecule has 0 bridgehead atoms. The second kappa shape index (κ2) is 7.18. The Morgan fingerprint density at radius 2 is 2.17 bits per heavy atom. The number of hydrogen-bond donors (Lipinski definition) is 1. The molecule has 1 heterocycles. The molecule has 0 spiro atoms. The zero-order chi connectivity index (χ0) is 13.4. The molecule has 0 saturated carbocycles. The summed E-state index contributed by atoms with van der Waals surface area (Å²) in [7, 11) is 0. The van der Waals surface area contributed by atoms with Crippen LogP contribution in [0.2, 0.25) is 0 Å². The lowest BCUT2D eigenvalue weighted by molar-refractivity contribution is 0.536. The molecule has 0 aliphatic carbocycles. The quantitative estimate of drug-likeness (QED) is 0.801. The average molecular weight is 244 g/mol. The fraction of sp³-hybridized carbons (Fsp3) is 0.562. The molecule has 2 heteroatoms. The van der Waals surface area contributed by atoms with Gasteiger partial charge in [-0.25, -0.2) is 0 Å². The van der Waals surface area contributed by atoms with E-state index in [4.69, 9.17) is 0 Å². The summed E-state index contributed by atoms with van der Waals surface area (Å²) in [6, 6.07) is 4.38. The molecule has 1 N–H and O–H groups in total. The maximum Gasteiger partial charge on any atom is 0.0446 e. The molecular weight excluding hydrogens is 220 g/mol. The predicted octanol–water partition coefficient (Wildman–Crippen LogP) is 3.56. The maximum atomic E-state index is 4.18. The van der Waals surface area contributed by atoms with E-state index in [1.54, 1.807) is 6.20 Å². The topological polar surface area (TPSA) is 24.9 Å². The van der Waals surface area contributed by atoms with Gasteiger partial charge in [0.05, 0.1) is 0 Å². The van der Waals surface area contributed by atoms with Gasteiger partial charge in [0.1, 0.15) is 0 Å². The summed E-state index contributed by atoms with van der Waals surface area (Å²) in [4.78, 5) is 4.18. The van der Waals surface area contributed by atoms with Crippen LogP contribution in [0.1, 0.15) is 52.1 Å². The minimum Gasteiger partial charge on any atom is -0.309 e. The standard InChI is InChI=1S/C16H24N2/c1-5-11-18-15(9-6-10-16(2,3)4)14-8-7-12-17-13-14/h7-8,12-13,15,18H,5,9,11H2,1-4H3. The van der Waals surface area contributed by atoms with Gasteiger partial charge in [-0.15, -0.1) is 5.92 Å². The van der Waals surface area contributed by atoms with Gasteiger partial charge < -0.3 is 5.32 Å². The Kier molecular flexibility index (Phi) is 5.88. The summed E-state index contributed by atoms with van der Waals surface area (Å²) in [6.45, 7) is 9.60. The van der Waals surface area contributed by atoms with Crippen LogP contribution in [0.4, 0.5) is 0 Å². The van der Waals surface area contributed by atoms with Gasteiger partial charge in [-0.1, -0.05) is 18.9 Å². The molecule has 1 aromatic rings. The molecule has 98 valence electrons. The smallest absolute Gasteiger partial charge is 0.0446 e. The van der Waals surface area contributed by atoms with Gasteiger partial charge in [-0.3, -0.25) is 4.98 Å². The third kappa shape index (κ3) is 5.84.